The normalized spacial score (nSPS) is 14.8. The fourth-order valence-corrected chi connectivity index (χ4v) is 4.36. The van der Waals surface area contributed by atoms with E-state index in [1.54, 1.807) is 16.2 Å². The highest BCUT2D eigenvalue weighted by atomic mass is 32.1. The van der Waals surface area contributed by atoms with Crippen molar-refractivity contribution in [2.24, 2.45) is 0 Å². The Morgan fingerprint density at radius 3 is 2.48 bits per heavy atom. The van der Waals surface area contributed by atoms with Gasteiger partial charge in [0.2, 0.25) is 11.8 Å². The van der Waals surface area contributed by atoms with Crippen molar-refractivity contribution in [2.45, 2.75) is 18.9 Å². The SMILES string of the molecule is O=C(CN[C@H](c1ccccc1)c1cccs1)Nc1ccc(N2CCCC2=O)cc1. The average molecular weight is 406 g/mol. The molecule has 0 radical (unpaired) electrons. The lowest BCUT2D eigenvalue weighted by Gasteiger charge is -2.18. The van der Waals surface area contributed by atoms with Crippen molar-refractivity contribution in [2.75, 3.05) is 23.3 Å². The van der Waals surface area contributed by atoms with Gasteiger partial charge in [0.1, 0.15) is 0 Å². The lowest BCUT2D eigenvalue weighted by atomic mass is 10.1. The van der Waals surface area contributed by atoms with Crippen LogP contribution in [0.15, 0.2) is 72.1 Å². The zero-order valence-corrected chi connectivity index (χ0v) is 16.8. The van der Waals surface area contributed by atoms with E-state index in [2.05, 4.69) is 28.8 Å². The van der Waals surface area contributed by atoms with E-state index in [1.807, 2.05) is 53.9 Å². The van der Waals surface area contributed by atoms with Crippen LogP contribution in [0.25, 0.3) is 0 Å². The predicted molar refractivity (Wildman–Crippen MR) is 117 cm³/mol. The molecular formula is C23H23N3O2S. The summed E-state index contributed by atoms with van der Waals surface area (Å²) >= 11 is 1.67. The number of carbonyl (C=O) groups excluding carboxylic acids is 2. The second kappa shape index (κ2) is 9.03. The maximum absolute atomic E-state index is 12.5. The number of benzene rings is 2. The second-order valence-electron chi connectivity index (χ2n) is 6.98. The van der Waals surface area contributed by atoms with Gasteiger partial charge in [-0.25, -0.2) is 0 Å². The molecule has 1 atom stereocenters. The van der Waals surface area contributed by atoms with Gasteiger partial charge in [-0.1, -0.05) is 36.4 Å². The molecule has 0 aliphatic carbocycles. The molecule has 0 saturated carbocycles. The van der Waals surface area contributed by atoms with Crippen molar-refractivity contribution >= 4 is 34.5 Å². The van der Waals surface area contributed by atoms with Crippen molar-refractivity contribution in [1.82, 2.24) is 5.32 Å². The summed E-state index contributed by atoms with van der Waals surface area (Å²) in [6.07, 6.45) is 1.51. The van der Waals surface area contributed by atoms with Crippen molar-refractivity contribution in [3.63, 3.8) is 0 Å². The van der Waals surface area contributed by atoms with Crippen molar-refractivity contribution in [1.29, 1.82) is 0 Å². The average Bonchev–Trinajstić information content (AvgIpc) is 3.42. The first-order valence-electron chi connectivity index (χ1n) is 9.73. The molecule has 4 rings (SSSR count). The van der Waals surface area contributed by atoms with Gasteiger partial charge in [-0.2, -0.15) is 0 Å². The van der Waals surface area contributed by atoms with Gasteiger partial charge < -0.3 is 10.2 Å². The van der Waals surface area contributed by atoms with Crippen LogP contribution in [0.3, 0.4) is 0 Å². The molecule has 2 N–H and O–H groups in total. The fraction of sp³-hybridized carbons (Fsp3) is 0.217. The highest BCUT2D eigenvalue weighted by molar-refractivity contribution is 7.10. The number of anilines is 2. The predicted octanol–water partition coefficient (Wildman–Crippen LogP) is 4.19. The minimum atomic E-state index is -0.104. The van der Waals surface area contributed by atoms with E-state index in [1.165, 1.54) is 4.88 Å². The highest BCUT2D eigenvalue weighted by Crippen LogP contribution is 2.26. The quantitative estimate of drug-likeness (QED) is 0.620. The van der Waals surface area contributed by atoms with Gasteiger partial charge in [0.25, 0.3) is 0 Å². The van der Waals surface area contributed by atoms with Crippen molar-refractivity contribution in [3.05, 3.63) is 82.6 Å². The van der Waals surface area contributed by atoms with Crippen LogP contribution < -0.4 is 15.5 Å². The Hall–Kier alpha value is -2.96. The Kier molecular flexibility index (Phi) is 6.03. The lowest BCUT2D eigenvalue weighted by Crippen LogP contribution is -2.31. The lowest BCUT2D eigenvalue weighted by molar-refractivity contribution is -0.117. The van der Waals surface area contributed by atoms with Gasteiger partial charge in [-0.3, -0.25) is 14.9 Å². The number of nitrogens with zero attached hydrogens (tertiary/aromatic N) is 1. The Morgan fingerprint density at radius 1 is 1.03 bits per heavy atom. The van der Waals surface area contributed by atoms with Gasteiger partial charge in [-0.15, -0.1) is 11.3 Å². The molecule has 1 fully saturated rings. The summed E-state index contributed by atoms with van der Waals surface area (Å²) in [5.74, 6) is 0.0546. The first-order valence-corrected chi connectivity index (χ1v) is 10.6. The number of hydrogen-bond donors (Lipinski definition) is 2. The maximum atomic E-state index is 12.5. The van der Waals surface area contributed by atoms with Crippen LogP contribution in [0, 0.1) is 0 Å². The molecule has 1 aliphatic heterocycles. The van der Waals surface area contributed by atoms with Gasteiger partial charge in [0, 0.05) is 29.2 Å². The van der Waals surface area contributed by atoms with Crippen LogP contribution in [-0.4, -0.2) is 24.9 Å². The van der Waals surface area contributed by atoms with E-state index in [0.717, 1.165) is 29.9 Å². The van der Waals surface area contributed by atoms with Crippen molar-refractivity contribution < 1.29 is 9.59 Å². The van der Waals surface area contributed by atoms with E-state index in [0.29, 0.717) is 6.42 Å². The third-order valence-electron chi connectivity index (χ3n) is 4.96. The van der Waals surface area contributed by atoms with Crippen LogP contribution in [0.1, 0.15) is 29.3 Å². The second-order valence-corrected chi connectivity index (χ2v) is 7.96. The number of rotatable bonds is 7. The molecule has 29 heavy (non-hydrogen) atoms. The van der Waals surface area contributed by atoms with E-state index >= 15 is 0 Å². The Morgan fingerprint density at radius 2 is 1.83 bits per heavy atom. The summed E-state index contributed by atoms with van der Waals surface area (Å²) in [5.41, 5.74) is 2.73. The van der Waals surface area contributed by atoms with Crippen LogP contribution in [0.4, 0.5) is 11.4 Å². The van der Waals surface area contributed by atoms with Gasteiger partial charge in [-0.05, 0) is 47.7 Å². The van der Waals surface area contributed by atoms with Gasteiger partial charge in [0.05, 0.1) is 12.6 Å². The highest BCUT2D eigenvalue weighted by Gasteiger charge is 2.21. The minimum absolute atomic E-state index is 0.0227. The third kappa shape index (κ3) is 4.72. The van der Waals surface area contributed by atoms with Crippen LogP contribution in [-0.2, 0) is 9.59 Å². The molecule has 0 spiro atoms. The topological polar surface area (TPSA) is 61.4 Å². The van der Waals surface area contributed by atoms with Gasteiger partial charge in [0.15, 0.2) is 0 Å². The minimum Gasteiger partial charge on any atom is -0.325 e. The summed E-state index contributed by atoms with van der Waals surface area (Å²) in [6, 6.07) is 21.6. The third-order valence-corrected chi connectivity index (χ3v) is 5.90. The monoisotopic (exact) mass is 405 g/mol. The van der Waals surface area contributed by atoms with Crippen molar-refractivity contribution in [3.8, 4) is 0 Å². The zero-order valence-electron chi connectivity index (χ0n) is 16.0. The fourth-order valence-electron chi connectivity index (χ4n) is 3.53. The maximum Gasteiger partial charge on any atom is 0.238 e. The zero-order chi connectivity index (χ0) is 20.1. The Bertz CT molecular complexity index is 956. The molecule has 148 valence electrons. The summed E-state index contributed by atoms with van der Waals surface area (Å²) in [5, 5.41) is 8.33. The van der Waals surface area contributed by atoms with E-state index in [4.69, 9.17) is 0 Å². The molecule has 0 unspecified atom stereocenters. The number of thiophene rings is 1. The van der Waals surface area contributed by atoms with E-state index in [9.17, 15) is 9.59 Å². The van der Waals surface area contributed by atoms with E-state index < -0.39 is 0 Å². The number of amides is 2. The molecule has 3 aromatic rings. The molecule has 6 heteroatoms. The van der Waals surface area contributed by atoms with Crippen LogP contribution in [0.2, 0.25) is 0 Å². The van der Waals surface area contributed by atoms with Crippen LogP contribution in [0.5, 0.6) is 0 Å². The molecular weight excluding hydrogens is 382 g/mol. The molecule has 2 heterocycles. The first-order chi connectivity index (χ1) is 14.2. The van der Waals surface area contributed by atoms with Gasteiger partial charge >= 0.3 is 0 Å². The summed E-state index contributed by atoms with van der Waals surface area (Å²) in [6.45, 7) is 0.960. The Labute approximate surface area is 174 Å². The summed E-state index contributed by atoms with van der Waals surface area (Å²) in [7, 11) is 0. The number of nitrogens with one attached hydrogen (secondary N) is 2. The molecule has 1 saturated heterocycles. The molecule has 5 nitrogen and oxygen atoms in total. The van der Waals surface area contributed by atoms with E-state index in [-0.39, 0.29) is 24.4 Å². The molecule has 1 aliphatic rings. The Balaban J connectivity index is 1.37. The number of carbonyl (C=O) groups is 2. The molecule has 1 aromatic heterocycles. The molecule has 0 bridgehead atoms. The number of hydrogen-bond acceptors (Lipinski definition) is 4. The summed E-state index contributed by atoms with van der Waals surface area (Å²) < 4.78 is 0. The van der Waals surface area contributed by atoms with Crippen LogP contribution >= 0.6 is 11.3 Å². The smallest absolute Gasteiger partial charge is 0.238 e. The first kappa shape index (κ1) is 19.4. The molecule has 2 amide bonds. The standard InChI is InChI=1S/C23H23N3O2S/c27-21(25-18-10-12-19(13-11-18)26-14-4-9-22(26)28)16-24-23(20-8-5-15-29-20)17-6-2-1-3-7-17/h1-3,5-8,10-13,15,23-24H,4,9,14,16H2,(H,25,27)/t23-/m1/s1. The molecule has 2 aromatic carbocycles. The summed E-state index contributed by atoms with van der Waals surface area (Å²) in [4.78, 5) is 27.3. The largest absolute Gasteiger partial charge is 0.325 e.